The molecule has 2 fully saturated rings. The number of likely N-dealkylation sites (tertiary alicyclic amines) is 1. The number of hydrogen-bond donors (Lipinski definition) is 1. The van der Waals surface area contributed by atoms with Gasteiger partial charge >= 0.3 is 0 Å². The molecule has 0 radical (unpaired) electrons. The summed E-state index contributed by atoms with van der Waals surface area (Å²) in [5.74, 6) is -3.03. The highest BCUT2D eigenvalue weighted by atomic mass is 35.5. The molecule has 0 spiro atoms. The van der Waals surface area contributed by atoms with Crippen molar-refractivity contribution >= 4 is 46.8 Å². The van der Waals surface area contributed by atoms with Gasteiger partial charge in [0.1, 0.15) is 6.04 Å². The molecule has 9 nitrogen and oxygen atoms in total. The van der Waals surface area contributed by atoms with E-state index in [1.54, 1.807) is 11.1 Å². The fraction of sp³-hybridized carbons (Fsp3) is 0.179. The lowest BCUT2D eigenvalue weighted by Gasteiger charge is -2.35. The summed E-state index contributed by atoms with van der Waals surface area (Å²) >= 11 is 6.24. The second kappa shape index (κ2) is 9.11. The minimum Gasteiger partial charge on any atom is -0.357 e. The number of nitro benzene ring substituents is 1. The van der Waals surface area contributed by atoms with Gasteiger partial charge in [0, 0.05) is 18.3 Å². The van der Waals surface area contributed by atoms with Crippen molar-refractivity contribution in [3.8, 4) is 0 Å². The van der Waals surface area contributed by atoms with Crippen LogP contribution in [0.4, 0.5) is 11.4 Å². The first-order chi connectivity index (χ1) is 18.3. The van der Waals surface area contributed by atoms with E-state index in [1.165, 1.54) is 23.1 Å². The summed E-state index contributed by atoms with van der Waals surface area (Å²) in [5.41, 5.74) is 2.40. The van der Waals surface area contributed by atoms with Crippen molar-refractivity contribution in [3.63, 3.8) is 0 Å². The summed E-state index contributed by atoms with van der Waals surface area (Å²) in [6, 6.07) is 19.0. The number of imide groups is 1. The molecule has 3 heterocycles. The number of non-ortho nitro benzene ring substituents is 1. The number of anilines is 1. The van der Waals surface area contributed by atoms with Gasteiger partial charge in [-0.3, -0.25) is 29.4 Å². The van der Waals surface area contributed by atoms with Gasteiger partial charge in [-0.15, -0.1) is 0 Å². The number of fused-ring (bicyclic) bond motifs is 5. The zero-order valence-electron chi connectivity index (χ0n) is 19.9. The van der Waals surface area contributed by atoms with Crippen molar-refractivity contribution in [2.24, 2.45) is 11.8 Å². The Balaban J connectivity index is 1.40. The molecule has 3 aliphatic rings. The van der Waals surface area contributed by atoms with E-state index in [2.05, 4.69) is 5.32 Å². The quantitative estimate of drug-likeness (QED) is 0.298. The van der Waals surface area contributed by atoms with Crippen LogP contribution in [0.1, 0.15) is 22.7 Å². The summed E-state index contributed by atoms with van der Waals surface area (Å²) in [6.45, 7) is 0.112. The van der Waals surface area contributed by atoms with Crippen LogP contribution in [-0.4, -0.2) is 38.5 Å². The SMILES string of the molecule is O=C(Nc1cc([N+](=O)[O-])ccc1Cl)[C@@H]1[C@@H]2C(=O)N(Cc3ccccc3)C(=O)[C@@H]2[C@@H]2c3ccccc3C=CN12. The van der Waals surface area contributed by atoms with E-state index in [9.17, 15) is 24.5 Å². The fourth-order valence-electron chi connectivity index (χ4n) is 5.77. The average Bonchev–Trinajstić information content (AvgIpc) is 3.39. The van der Waals surface area contributed by atoms with Gasteiger partial charge in [0.05, 0.1) is 40.1 Å². The standard InChI is InChI=1S/C28H21ClN4O5/c29-20-11-10-18(33(37)38)14-21(20)30-26(34)25-23-22(24-19-9-5-4-8-17(19)12-13-31(24)25)27(35)32(28(23)36)15-16-6-2-1-3-7-16/h1-14,22-25H,15H2,(H,30,34)/t22-,23+,24-,25-/m0/s1. The second-order valence-electron chi connectivity index (χ2n) is 9.49. The monoisotopic (exact) mass is 528 g/mol. The van der Waals surface area contributed by atoms with Gasteiger partial charge in [-0.2, -0.15) is 0 Å². The number of nitrogens with zero attached hydrogens (tertiary/aromatic N) is 3. The van der Waals surface area contributed by atoms with Crippen molar-refractivity contribution in [2.75, 3.05) is 5.32 Å². The van der Waals surface area contributed by atoms with Crippen LogP contribution in [0.2, 0.25) is 5.02 Å². The van der Waals surface area contributed by atoms with Gasteiger partial charge in [0.15, 0.2) is 0 Å². The molecule has 3 aromatic rings. The number of nitrogens with one attached hydrogen (secondary N) is 1. The Morgan fingerprint density at radius 1 is 0.974 bits per heavy atom. The Bertz CT molecular complexity index is 1520. The molecule has 0 aliphatic carbocycles. The summed E-state index contributed by atoms with van der Waals surface area (Å²) in [5, 5.41) is 14.1. The first kappa shape index (κ1) is 23.9. The molecule has 3 aliphatic heterocycles. The van der Waals surface area contributed by atoms with Crippen LogP contribution < -0.4 is 5.32 Å². The lowest BCUT2D eigenvalue weighted by Crippen LogP contribution is -2.46. The number of nitro groups is 1. The average molecular weight is 529 g/mol. The van der Waals surface area contributed by atoms with E-state index in [4.69, 9.17) is 11.6 Å². The van der Waals surface area contributed by atoms with Crippen LogP contribution in [0, 0.1) is 22.0 Å². The predicted molar refractivity (Wildman–Crippen MR) is 140 cm³/mol. The topological polar surface area (TPSA) is 113 Å². The molecule has 0 saturated carbocycles. The number of benzene rings is 3. The third-order valence-electron chi connectivity index (χ3n) is 7.42. The molecule has 0 bridgehead atoms. The molecule has 2 saturated heterocycles. The molecule has 3 aromatic carbocycles. The molecule has 4 atom stereocenters. The Morgan fingerprint density at radius 3 is 2.45 bits per heavy atom. The Hall–Kier alpha value is -4.50. The predicted octanol–water partition coefficient (Wildman–Crippen LogP) is 4.40. The number of amides is 3. The van der Waals surface area contributed by atoms with Crippen molar-refractivity contribution in [3.05, 3.63) is 111 Å². The minimum absolute atomic E-state index is 0.0603. The number of carbonyl (C=O) groups is 3. The number of rotatable bonds is 5. The van der Waals surface area contributed by atoms with Gasteiger partial charge in [-0.25, -0.2) is 0 Å². The first-order valence-corrected chi connectivity index (χ1v) is 12.4. The molecule has 38 heavy (non-hydrogen) atoms. The molecule has 1 N–H and O–H groups in total. The molecule has 6 rings (SSSR count). The molecular formula is C28H21ClN4O5. The summed E-state index contributed by atoms with van der Waals surface area (Å²) < 4.78 is 0. The van der Waals surface area contributed by atoms with Crippen LogP contribution in [-0.2, 0) is 20.9 Å². The normalized spacial score (nSPS) is 23.2. The van der Waals surface area contributed by atoms with E-state index >= 15 is 0 Å². The number of hydrogen-bond acceptors (Lipinski definition) is 6. The lowest BCUT2D eigenvalue weighted by atomic mass is 9.84. The van der Waals surface area contributed by atoms with Crippen LogP contribution in [0.3, 0.4) is 0 Å². The van der Waals surface area contributed by atoms with E-state index in [0.717, 1.165) is 16.7 Å². The van der Waals surface area contributed by atoms with Crippen molar-refractivity contribution < 1.29 is 19.3 Å². The third kappa shape index (κ3) is 3.74. The third-order valence-corrected chi connectivity index (χ3v) is 7.75. The van der Waals surface area contributed by atoms with Crippen molar-refractivity contribution in [1.82, 2.24) is 9.80 Å². The molecule has 190 valence electrons. The maximum atomic E-state index is 13.8. The van der Waals surface area contributed by atoms with E-state index in [-0.39, 0.29) is 28.8 Å². The highest BCUT2D eigenvalue weighted by Crippen LogP contribution is 2.53. The first-order valence-electron chi connectivity index (χ1n) is 12.0. The summed E-state index contributed by atoms with van der Waals surface area (Å²) in [6.07, 6.45) is 3.59. The number of carbonyl (C=O) groups excluding carboxylic acids is 3. The van der Waals surface area contributed by atoms with Crippen LogP contribution >= 0.6 is 11.6 Å². The Labute approximate surface area is 222 Å². The molecular weight excluding hydrogens is 508 g/mol. The summed E-state index contributed by atoms with van der Waals surface area (Å²) in [7, 11) is 0. The second-order valence-corrected chi connectivity index (χ2v) is 9.90. The largest absolute Gasteiger partial charge is 0.357 e. The smallest absolute Gasteiger partial charge is 0.271 e. The highest BCUT2D eigenvalue weighted by Gasteiger charge is 2.64. The summed E-state index contributed by atoms with van der Waals surface area (Å²) in [4.78, 5) is 55.0. The molecule has 0 unspecified atom stereocenters. The maximum absolute atomic E-state index is 13.8. The van der Waals surface area contributed by atoms with Crippen LogP contribution in [0.25, 0.3) is 6.08 Å². The highest BCUT2D eigenvalue weighted by molar-refractivity contribution is 6.34. The van der Waals surface area contributed by atoms with Gasteiger partial charge in [-0.05, 0) is 28.8 Å². The molecule has 3 amide bonds. The maximum Gasteiger partial charge on any atom is 0.271 e. The van der Waals surface area contributed by atoms with Gasteiger partial charge < -0.3 is 10.2 Å². The van der Waals surface area contributed by atoms with Gasteiger partial charge in [0.25, 0.3) is 5.69 Å². The van der Waals surface area contributed by atoms with Crippen LogP contribution in [0.5, 0.6) is 0 Å². The molecule has 0 aromatic heterocycles. The van der Waals surface area contributed by atoms with Gasteiger partial charge in [-0.1, -0.05) is 66.2 Å². The zero-order valence-corrected chi connectivity index (χ0v) is 20.6. The Morgan fingerprint density at radius 2 is 1.68 bits per heavy atom. The van der Waals surface area contributed by atoms with E-state index in [1.807, 2.05) is 60.7 Å². The zero-order chi connectivity index (χ0) is 26.6. The van der Waals surface area contributed by atoms with E-state index in [0.29, 0.717) is 0 Å². The Kier molecular flexibility index (Phi) is 5.72. The minimum atomic E-state index is -1.03. The number of halogens is 1. The van der Waals surface area contributed by atoms with Crippen molar-refractivity contribution in [2.45, 2.75) is 18.6 Å². The van der Waals surface area contributed by atoms with Crippen LogP contribution in [0.15, 0.2) is 79.0 Å². The lowest BCUT2D eigenvalue weighted by molar-refractivity contribution is -0.384. The fourth-order valence-corrected chi connectivity index (χ4v) is 5.93. The molecule has 10 heteroatoms. The van der Waals surface area contributed by atoms with Crippen molar-refractivity contribution in [1.29, 1.82) is 0 Å². The van der Waals surface area contributed by atoms with E-state index < -0.39 is 40.7 Å². The van der Waals surface area contributed by atoms with Gasteiger partial charge in [0.2, 0.25) is 17.7 Å².